The van der Waals surface area contributed by atoms with Gasteiger partial charge in [-0.1, -0.05) is 6.07 Å². The zero-order valence-electron chi connectivity index (χ0n) is 21.7. The predicted octanol–water partition coefficient (Wildman–Crippen LogP) is 2.45. The number of sulfonamides is 2. The molecule has 1 aliphatic heterocycles. The number of hydrogen-bond donors (Lipinski definition) is 4. The molecule has 0 atom stereocenters. The molecule has 3 aromatic rings. The summed E-state index contributed by atoms with van der Waals surface area (Å²) in [6.45, 7) is 2.50. The maximum atomic E-state index is 12.8. The van der Waals surface area contributed by atoms with Crippen LogP contribution in [0.15, 0.2) is 70.5 Å². The standard InChI is InChI=1S/C25H27N5O7S3/c1-16-4-9-20(40(34,35)30(2)3)14-21(16)26-25(38)28-27-24(31)17-5-7-18(8-6-17)29-39(32,33)19-10-11-22-23(15-19)37-13-12-36-22/h4-11,14-15,29H,12-13H2,1-3H3,(H,27,31)(H2,26,28,38). The number of aryl methyl sites for hydroxylation is 1. The number of rotatable bonds is 7. The first-order valence-electron chi connectivity index (χ1n) is 11.8. The number of anilines is 2. The molecule has 0 saturated heterocycles. The van der Waals surface area contributed by atoms with Crippen LogP contribution in [0.4, 0.5) is 11.4 Å². The van der Waals surface area contributed by atoms with Gasteiger partial charge in [-0.15, -0.1) is 0 Å². The lowest BCUT2D eigenvalue weighted by molar-refractivity contribution is 0.0944. The van der Waals surface area contributed by atoms with E-state index >= 15 is 0 Å². The van der Waals surface area contributed by atoms with E-state index in [0.717, 1.165) is 9.87 Å². The van der Waals surface area contributed by atoms with Crippen molar-refractivity contribution in [3.05, 3.63) is 71.8 Å². The van der Waals surface area contributed by atoms with Gasteiger partial charge in [0.15, 0.2) is 16.6 Å². The monoisotopic (exact) mass is 605 g/mol. The van der Waals surface area contributed by atoms with E-state index in [1.54, 1.807) is 13.0 Å². The minimum atomic E-state index is -3.92. The number of nitrogens with zero attached hydrogens (tertiary/aromatic N) is 1. The van der Waals surface area contributed by atoms with E-state index in [-0.39, 0.29) is 26.2 Å². The van der Waals surface area contributed by atoms with E-state index < -0.39 is 26.0 Å². The van der Waals surface area contributed by atoms with Crippen LogP contribution in [0.5, 0.6) is 11.5 Å². The van der Waals surface area contributed by atoms with E-state index in [1.165, 1.54) is 68.7 Å². The summed E-state index contributed by atoms with van der Waals surface area (Å²) in [4.78, 5) is 12.7. The molecule has 1 amide bonds. The summed E-state index contributed by atoms with van der Waals surface area (Å²) in [5.74, 6) is 0.290. The molecule has 1 heterocycles. The summed E-state index contributed by atoms with van der Waals surface area (Å²) in [6, 6.07) is 14.7. The molecular weight excluding hydrogens is 579 g/mol. The van der Waals surface area contributed by atoms with Crippen LogP contribution < -0.4 is 30.4 Å². The molecule has 12 nitrogen and oxygen atoms in total. The minimum Gasteiger partial charge on any atom is -0.486 e. The number of ether oxygens (including phenoxy) is 2. The molecule has 212 valence electrons. The van der Waals surface area contributed by atoms with Crippen LogP contribution in [0.1, 0.15) is 15.9 Å². The van der Waals surface area contributed by atoms with E-state index in [2.05, 4.69) is 20.9 Å². The highest BCUT2D eigenvalue weighted by Gasteiger charge is 2.20. The second-order valence-electron chi connectivity index (χ2n) is 8.79. The highest BCUT2D eigenvalue weighted by atomic mass is 32.2. The van der Waals surface area contributed by atoms with Crippen molar-refractivity contribution in [2.45, 2.75) is 16.7 Å². The molecule has 4 rings (SSSR count). The molecule has 40 heavy (non-hydrogen) atoms. The first-order chi connectivity index (χ1) is 18.9. The third kappa shape index (κ3) is 6.62. The maximum absolute atomic E-state index is 12.8. The first kappa shape index (κ1) is 29.1. The van der Waals surface area contributed by atoms with Gasteiger partial charge in [0.1, 0.15) is 13.2 Å². The summed E-state index contributed by atoms with van der Waals surface area (Å²) in [5, 5.41) is 2.89. The lowest BCUT2D eigenvalue weighted by Gasteiger charge is -2.19. The fourth-order valence-electron chi connectivity index (χ4n) is 3.54. The lowest BCUT2D eigenvalue weighted by Crippen LogP contribution is -2.43. The van der Waals surface area contributed by atoms with Crippen LogP contribution in [0, 0.1) is 6.92 Å². The van der Waals surface area contributed by atoms with Crippen molar-refractivity contribution in [3.63, 3.8) is 0 Å². The van der Waals surface area contributed by atoms with Crippen molar-refractivity contribution in [3.8, 4) is 11.5 Å². The first-order valence-corrected chi connectivity index (χ1v) is 15.1. The molecular formula is C25H27N5O7S3. The van der Waals surface area contributed by atoms with Gasteiger partial charge in [-0.25, -0.2) is 21.1 Å². The van der Waals surface area contributed by atoms with Crippen molar-refractivity contribution in [2.24, 2.45) is 0 Å². The largest absolute Gasteiger partial charge is 0.486 e. The Morgan fingerprint density at radius 3 is 2.17 bits per heavy atom. The van der Waals surface area contributed by atoms with Gasteiger partial charge in [0, 0.05) is 37.1 Å². The van der Waals surface area contributed by atoms with Gasteiger partial charge in [-0.05, 0) is 73.2 Å². The highest BCUT2D eigenvalue weighted by molar-refractivity contribution is 7.92. The quantitative estimate of drug-likeness (QED) is 0.233. The fraction of sp³-hybridized carbons (Fsp3) is 0.200. The highest BCUT2D eigenvalue weighted by Crippen LogP contribution is 2.32. The smallest absolute Gasteiger partial charge is 0.269 e. The fourth-order valence-corrected chi connectivity index (χ4v) is 5.70. The van der Waals surface area contributed by atoms with Crippen molar-refractivity contribution >= 4 is 54.7 Å². The van der Waals surface area contributed by atoms with E-state index in [9.17, 15) is 21.6 Å². The minimum absolute atomic E-state index is 0.00358. The van der Waals surface area contributed by atoms with Gasteiger partial charge in [0.2, 0.25) is 10.0 Å². The molecule has 4 N–H and O–H groups in total. The van der Waals surface area contributed by atoms with Crippen LogP contribution in [0.2, 0.25) is 0 Å². The van der Waals surface area contributed by atoms with Crippen LogP contribution >= 0.6 is 12.2 Å². The Morgan fingerprint density at radius 1 is 0.850 bits per heavy atom. The third-order valence-electron chi connectivity index (χ3n) is 5.75. The van der Waals surface area contributed by atoms with E-state index in [4.69, 9.17) is 21.7 Å². The number of nitrogens with one attached hydrogen (secondary N) is 4. The second kappa shape index (κ2) is 11.7. The Kier molecular flexibility index (Phi) is 8.48. The number of carbonyl (C=O) groups excluding carboxylic acids is 1. The maximum Gasteiger partial charge on any atom is 0.269 e. The zero-order chi connectivity index (χ0) is 29.1. The molecule has 0 spiro atoms. The molecule has 0 fully saturated rings. The van der Waals surface area contributed by atoms with Gasteiger partial charge >= 0.3 is 0 Å². The van der Waals surface area contributed by atoms with Gasteiger partial charge in [0.25, 0.3) is 15.9 Å². The van der Waals surface area contributed by atoms with Crippen LogP contribution in [-0.4, -0.2) is 59.5 Å². The molecule has 0 saturated carbocycles. The number of benzene rings is 3. The molecule has 1 aliphatic rings. The number of hydrazine groups is 1. The summed E-state index contributed by atoms with van der Waals surface area (Å²) in [7, 11) is -4.69. The summed E-state index contributed by atoms with van der Waals surface area (Å²) >= 11 is 5.23. The van der Waals surface area contributed by atoms with E-state index in [1.807, 2.05) is 0 Å². The van der Waals surface area contributed by atoms with Gasteiger partial charge < -0.3 is 14.8 Å². The molecule has 0 bridgehead atoms. The van der Waals surface area contributed by atoms with Gasteiger partial charge in [-0.3, -0.25) is 20.4 Å². The average molecular weight is 606 g/mol. The zero-order valence-corrected chi connectivity index (χ0v) is 24.2. The number of hydrogen-bond acceptors (Lipinski definition) is 8. The molecule has 0 aromatic heterocycles. The third-order valence-corrected chi connectivity index (χ3v) is 9.14. The molecule has 0 radical (unpaired) electrons. The van der Waals surface area contributed by atoms with Crippen LogP contribution in [0.3, 0.4) is 0 Å². The second-order valence-corrected chi connectivity index (χ2v) is 13.0. The predicted molar refractivity (Wildman–Crippen MR) is 154 cm³/mol. The summed E-state index contributed by atoms with van der Waals surface area (Å²) < 4.78 is 64.9. The normalized spacial score (nSPS) is 12.9. The summed E-state index contributed by atoms with van der Waals surface area (Å²) in [6.07, 6.45) is 0. The van der Waals surface area contributed by atoms with Gasteiger partial charge in [-0.2, -0.15) is 0 Å². The lowest BCUT2D eigenvalue weighted by atomic mass is 10.2. The van der Waals surface area contributed by atoms with Crippen molar-refractivity contribution < 1.29 is 31.1 Å². The van der Waals surface area contributed by atoms with Crippen LogP contribution in [0.25, 0.3) is 0 Å². The SMILES string of the molecule is Cc1ccc(S(=O)(=O)N(C)C)cc1NC(=S)NNC(=O)c1ccc(NS(=O)(=O)c2ccc3c(c2)OCCO3)cc1. The number of carbonyl (C=O) groups is 1. The Hall–Kier alpha value is -3.92. The van der Waals surface area contributed by atoms with Crippen molar-refractivity contribution in [1.29, 1.82) is 0 Å². The number of fused-ring (bicyclic) bond motifs is 1. The molecule has 3 aromatic carbocycles. The Bertz CT molecular complexity index is 1660. The topological polar surface area (TPSA) is 155 Å². The Balaban J connectivity index is 1.35. The Morgan fingerprint density at radius 2 is 1.50 bits per heavy atom. The molecule has 0 aliphatic carbocycles. The van der Waals surface area contributed by atoms with Gasteiger partial charge in [0.05, 0.1) is 9.79 Å². The summed E-state index contributed by atoms with van der Waals surface area (Å²) in [5.41, 5.74) is 6.67. The number of amides is 1. The van der Waals surface area contributed by atoms with Crippen molar-refractivity contribution in [1.82, 2.24) is 15.2 Å². The van der Waals surface area contributed by atoms with Crippen molar-refractivity contribution in [2.75, 3.05) is 37.3 Å². The molecule has 15 heteroatoms. The molecule has 0 unspecified atom stereocenters. The van der Waals surface area contributed by atoms with E-state index in [0.29, 0.717) is 30.4 Å². The average Bonchev–Trinajstić information content (AvgIpc) is 2.92. The number of thiocarbonyl (C=S) groups is 1. The van der Waals surface area contributed by atoms with Crippen LogP contribution in [-0.2, 0) is 20.0 Å². The Labute approximate surface area is 237 Å².